The summed E-state index contributed by atoms with van der Waals surface area (Å²) in [4.78, 5) is 14.4. The largest absolute Gasteiger partial charge is 0.322 e. The Labute approximate surface area is 148 Å². The third kappa shape index (κ3) is 4.60. The fraction of sp³-hybridized carbons (Fsp3) is 0.316. The van der Waals surface area contributed by atoms with Crippen LogP contribution in [0.5, 0.6) is 0 Å². The number of carbonyl (C=O) groups excluding carboxylic acids is 1. The highest BCUT2D eigenvalue weighted by Gasteiger charge is 2.34. The summed E-state index contributed by atoms with van der Waals surface area (Å²) in [6, 6.07) is 16.6. The van der Waals surface area contributed by atoms with Crippen LogP contribution >= 0.6 is 0 Å². The third-order valence-corrected chi connectivity index (χ3v) is 6.16. The van der Waals surface area contributed by atoms with Crippen LogP contribution in [0, 0.1) is 6.92 Å². The second-order valence-corrected chi connectivity index (χ2v) is 8.70. The summed E-state index contributed by atoms with van der Waals surface area (Å²) in [6.07, 6.45) is 0.483. The van der Waals surface area contributed by atoms with Gasteiger partial charge in [0.1, 0.15) is 0 Å². The van der Waals surface area contributed by atoms with Gasteiger partial charge in [0.25, 0.3) is 0 Å². The maximum atomic E-state index is 12.8. The van der Waals surface area contributed by atoms with Gasteiger partial charge in [-0.25, -0.2) is 13.2 Å². The zero-order valence-electron chi connectivity index (χ0n) is 14.2. The minimum absolute atomic E-state index is 0.0288. The monoisotopic (exact) mass is 358 g/mol. The van der Waals surface area contributed by atoms with Crippen molar-refractivity contribution >= 4 is 21.6 Å². The Bertz CT molecular complexity index is 833. The fourth-order valence-corrected chi connectivity index (χ4v) is 4.73. The fourth-order valence-electron chi connectivity index (χ4n) is 2.99. The molecule has 0 aliphatic carbocycles. The molecule has 0 bridgehead atoms. The maximum absolute atomic E-state index is 12.8. The predicted octanol–water partition coefficient (Wildman–Crippen LogP) is 3.22. The van der Waals surface area contributed by atoms with Crippen LogP contribution in [-0.4, -0.2) is 36.9 Å². The van der Waals surface area contributed by atoms with Gasteiger partial charge in [-0.05, 0) is 31.0 Å². The van der Waals surface area contributed by atoms with E-state index in [4.69, 9.17) is 0 Å². The summed E-state index contributed by atoms with van der Waals surface area (Å²) in [5.74, 6) is 0.168. The summed E-state index contributed by atoms with van der Waals surface area (Å²) in [6.45, 7) is 2.40. The number of anilines is 1. The molecule has 0 spiro atoms. The average Bonchev–Trinajstić information content (AvgIpc) is 2.95. The second kappa shape index (κ2) is 7.27. The molecule has 0 saturated carbocycles. The van der Waals surface area contributed by atoms with Gasteiger partial charge in [0.15, 0.2) is 9.84 Å². The number of rotatable bonds is 4. The molecule has 25 heavy (non-hydrogen) atoms. The minimum atomic E-state index is -3.07. The summed E-state index contributed by atoms with van der Waals surface area (Å²) in [7, 11) is -3.07. The first kappa shape index (κ1) is 17.5. The normalized spacial score (nSPS) is 18.7. The standard InChI is InChI=1S/C19H22N2O3S/c1-15-7-9-16(10-8-15)13-21(18-11-12-25(23,24)14-18)19(22)20-17-5-3-2-4-6-17/h2-10,18H,11-14H2,1H3,(H,20,22)/t18-/m0/s1. The van der Waals surface area contributed by atoms with Gasteiger partial charge in [-0.2, -0.15) is 0 Å². The Hall–Kier alpha value is -2.34. The molecule has 0 aromatic heterocycles. The number of amides is 2. The van der Waals surface area contributed by atoms with Gasteiger partial charge in [-0.15, -0.1) is 0 Å². The Kier molecular flexibility index (Phi) is 5.08. The number of sulfone groups is 1. The van der Waals surface area contributed by atoms with E-state index in [-0.39, 0.29) is 23.6 Å². The summed E-state index contributed by atoms with van der Waals surface area (Å²) >= 11 is 0. The van der Waals surface area contributed by atoms with Gasteiger partial charge >= 0.3 is 6.03 Å². The van der Waals surface area contributed by atoms with E-state index in [1.807, 2.05) is 61.5 Å². The predicted molar refractivity (Wildman–Crippen MR) is 99.2 cm³/mol. The van der Waals surface area contributed by atoms with E-state index >= 15 is 0 Å². The van der Waals surface area contributed by atoms with Crippen LogP contribution in [-0.2, 0) is 16.4 Å². The van der Waals surface area contributed by atoms with Gasteiger partial charge in [-0.1, -0.05) is 48.0 Å². The van der Waals surface area contributed by atoms with Crippen LogP contribution in [0.4, 0.5) is 10.5 Å². The van der Waals surface area contributed by atoms with Gasteiger partial charge < -0.3 is 10.2 Å². The molecule has 5 nitrogen and oxygen atoms in total. The van der Waals surface area contributed by atoms with Crippen molar-refractivity contribution in [3.8, 4) is 0 Å². The van der Waals surface area contributed by atoms with E-state index in [2.05, 4.69) is 5.32 Å². The molecule has 1 aliphatic rings. The highest BCUT2D eigenvalue weighted by Crippen LogP contribution is 2.21. The SMILES string of the molecule is Cc1ccc(CN(C(=O)Nc2ccccc2)[C@H]2CCS(=O)(=O)C2)cc1. The van der Waals surface area contributed by atoms with Crippen molar-refractivity contribution in [1.29, 1.82) is 0 Å². The first-order valence-electron chi connectivity index (χ1n) is 8.31. The maximum Gasteiger partial charge on any atom is 0.322 e. The molecule has 1 aliphatic heterocycles. The first-order valence-corrected chi connectivity index (χ1v) is 10.1. The highest BCUT2D eigenvalue weighted by molar-refractivity contribution is 7.91. The Balaban J connectivity index is 1.80. The number of benzene rings is 2. The van der Waals surface area contributed by atoms with E-state index in [0.717, 1.165) is 11.1 Å². The topological polar surface area (TPSA) is 66.5 Å². The molecule has 6 heteroatoms. The summed E-state index contributed by atoms with van der Waals surface area (Å²) in [5.41, 5.74) is 2.83. The third-order valence-electron chi connectivity index (χ3n) is 4.41. The van der Waals surface area contributed by atoms with E-state index in [0.29, 0.717) is 18.7 Å². The zero-order valence-corrected chi connectivity index (χ0v) is 15.0. The summed E-state index contributed by atoms with van der Waals surface area (Å²) < 4.78 is 23.7. The molecule has 3 rings (SSSR count). The van der Waals surface area contributed by atoms with Gasteiger partial charge in [-0.3, -0.25) is 0 Å². The molecule has 132 valence electrons. The molecule has 1 heterocycles. The molecule has 1 atom stereocenters. The Morgan fingerprint density at radius 3 is 2.40 bits per heavy atom. The van der Waals surface area contributed by atoms with Crippen LogP contribution in [0.25, 0.3) is 0 Å². The lowest BCUT2D eigenvalue weighted by Crippen LogP contribution is -2.43. The lowest BCUT2D eigenvalue weighted by molar-refractivity contribution is 0.190. The Morgan fingerprint density at radius 2 is 1.80 bits per heavy atom. The minimum Gasteiger partial charge on any atom is -0.316 e. The molecule has 1 fully saturated rings. The van der Waals surface area contributed by atoms with E-state index < -0.39 is 9.84 Å². The molecular formula is C19H22N2O3S. The van der Waals surface area contributed by atoms with Crippen molar-refractivity contribution in [2.45, 2.75) is 25.9 Å². The van der Waals surface area contributed by atoms with Crippen molar-refractivity contribution in [1.82, 2.24) is 4.90 Å². The second-order valence-electron chi connectivity index (χ2n) is 6.47. The van der Waals surface area contributed by atoms with Crippen molar-refractivity contribution < 1.29 is 13.2 Å². The number of hydrogen-bond acceptors (Lipinski definition) is 3. The van der Waals surface area contributed by atoms with Crippen LogP contribution in [0.3, 0.4) is 0 Å². The van der Waals surface area contributed by atoms with Crippen LogP contribution in [0.15, 0.2) is 54.6 Å². The molecule has 2 amide bonds. The number of aryl methyl sites for hydroxylation is 1. The molecule has 2 aromatic rings. The number of carbonyl (C=O) groups is 1. The van der Waals surface area contributed by atoms with Crippen LogP contribution in [0.1, 0.15) is 17.5 Å². The van der Waals surface area contributed by atoms with E-state index in [1.54, 1.807) is 4.90 Å². The molecule has 2 aromatic carbocycles. The molecule has 1 N–H and O–H groups in total. The number of para-hydroxylation sites is 1. The number of urea groups is 1. The first-order chi connectivity index (χ1) is 11.9. The van der Waals surface area contributed by atoms with Crippen molar-refractivity contribution in [2.75, 3.05) is 16.8 Å². The van der Waals surface area contributed by atoms with Gasteiger partial charge in [0.2, 0.25) is 0 Å². The van der Waals surface area contributed by atoms with E-state index in [9.17, 15) is 13.2 Å². The molecule has 1 saturated heterocycles. The zero-order chi connectivity index (χ0) is 17.9. The van der Waals surface area contributed by atoms with Gasteiger partial charge in [0, 0.05) is 18.3 Å². The molecule has 0 radical (unpaired) electrons. The highest BCUT2D eigenvalue weighted by atomic mass is 32.2. The lowest BCUT2D eigenvalue weighted by Gasteiger charge is -2.28. The van der Waals surface area contributed by atoms with Crippen LogP contribution < -0.4 is 5.32 Å². The van der Waals surface area contributed by atoms with E-state index in [1.165, 1.54) is 0 Å². The average molecular weight is 358 g/mol. The number of nitrogens with one attached hydrogen (secondary N) is 1. The quantitative estimate of drug-likeness (QED) is 0.912. The molecule has 0 unspecified atom stereocenters. The smallest absolute Gasteiger partial charge is 0.316 e. The number of nitrogens with zero attached hydrogens (tertiary/aromatic N) is 1. The van der Waals surface area contributed by atoms with Crippen molar-refractivity contribution in [2.24, 2.45) is 0 Å². The summed E-state index contributed by atoms with van der Waals surface area (Å²) in [5, 5.41) is 2.87. The van der Waals surface area contributed by atoms with Gasteiger partial charge in [0.05, 0.1) is 11.5 Å². The van der Waals surface area contributed by atoms with Crippen molar-refractivity contribution in [3.05, 3.63) is 65.7 Å². The Morgan fingerprint density at radius 1 is 1.12 bits per heavy atom. The number of hydrogen-bond donors (Lipinski definition) is 1. The van der Waals surface area contributed by atoms with Crippen molar-refractivity contribution in [3.63, 3.8) is 0 Å². The van der Waals surface area contributed by atoms with Crippen LogP contribution in [0.2, 0.25) is 0 Å². The molecular weight excluding hydrogens is 336 g/mol. The lowest BCUT2D eigenvalue weighted by atomic mass is 10.1.